The Bertz CT molecular complexity index is 668. The molecule has 1 unspecified atom stereocenters. The lowest BCUT2D eigenvalue weighted by atomic mass is 9.75. The smallest absolute Gasteiger partial charge is 0.261 e. The molecule has 1 aliphatic carbocycles. The minimum Gasteiger partial charge on any atom is -0.318 e. The fourth-order valence-electron chi connectivity index (χ4n) is 3.95. The first-order valence-corrected chi connectivity index (χ1v) is 11.0. The molecule has 134 valence electrons. The normalized spacial score (nSPS) is 24.4. The van der Waals surface area contributed by atoms with Crippen LogP contribution in [-0.4, -0.2) is 6.10 Å². The molecule has 1 fully saturated rings. The Labute approximate surface area is 152 Å². The van der Waals surface area contributed by atoms with Crippen molar-refractivity contribution in [3.8, 4) is 0 Å². The third-order valence-corrected chi connectivity index (χ3v) is 7.96. The fraction of sp³-hybridized carbons (Fsp3) is 0.455. The van der Waals surface area contributed by atoms with Gasteiger partial charge in [0, 0.05) is 10.6 Å². The summed E-state index contributed by atoms with van der Waals surface area (Å²) in [5.41, 5.74) is 0. The topological polar surface area (TPSA) is 26.3 Å². The monoisotopic (exact) mass is 356 g/mol. The van der Waals surface area contributed by atoms with Crippen LogP contribution in [0.25, 0.3) is 0 Å². The van der Waals surface area contributed by atoms with E-state index in [-0.39, 0.29) is 6.10 Å². The number of rotatable bonds is 5. The maximum atomic E-state index is 14.1. The zero-order valence-electron chi connectivity index (χ0n) is 15.5. The molecule has 0 saturated heterocycles. The zero-order chi connectivity index (χ0) is 17.9. The van der Waals surface area contributed by atoms with E-state index in [4.69, 9.17) is 4.52 Å². The molecule has 0 aliphatic heterocycles. The summed E-state index contributed by atoms with van der Waals surface area (Å²) in [6.45, 7) is 6.79. The second kappa shape index (κ2) is 7.89. The fourth-order valence-corrected chi connectivity index (χ4v) is 6.24. The summed E-state index contributed by atoms with van der Waals surface area (Å²) in [4.78, 5) is 0. The zero-order valence-corrected chi connectivity index (χ0v) is 16.4. The van der Waals surface area contributed by atoms with Gasteiger partial charge in [-0.25, -0.2) is 0 Å². The lowest BCUT2D eigenvalue weighted by Gasteiger charge is -2.39. The van der Waals surface area contributed by atoms with Crippen LogP contribution in [-0.2, 0) is 9.09 Å². The number of hydrogen-bond acceptors (Lipinski definition) is 2. The second-order valence-corrected chi connectivity index (χ2v) is 10.0. The third-order valence-electron chi connectivity index (χ3n) is 5.44. The molecule has 0 aromatic heterocycles. The molecule has 1 aliphatic rings. The third kappa shape index (κ3) is 4.07. The van der Waals surface area contributed by atoms with E-state index in [1.54, 1.807) is 0 Å². The van der Waals surface area contributed by atoms with Crippen LogP contribution in [0.15, 0.2) is 60.7 Å². The molecule has 2 aromatic carbocycles. The van der Waals surface area contributed by atoms with Crippen molar-refractivity contribution in [2.45, 2.75) is 46.1 Å². The van der Waals surface area contributed by atoms with Gasteiger partial charge >= 0.3 is 0 Å². The van der Waals surface area contributed by atoms with Crippen LogP contribution in [0, 0.1) is 17.8 Å². The van der Waals surface area contributed by atoms with E-state index < -0.39 is 7.37 Å². The summed E-state index contributed by atoms with van der Waals surface area (Å²) in [6, 6.07) is 19.4. The average Bonchev–Trinajstić information content (AvgIpc) is 2.63. The summed E-state index contributed by atoms with van der Waals surface area (Å²) in [5.74, 6) is 1.63. The average molecular weight is 356 g/mol. The highest BCUT2D eigenvalue weighted by Crippen LogP contribution is 2.50. The molecule has 0 amide bonds. The van der Waals surface area contributed by atoms with Gasteiger partial charge in [-0.05, 0) is 54.9 Å². The van der Waals surface area contributed by atoms with Gasteiger partial charge in [0.1, 0.15) is 0 Å². The molecule has 0 radical (unpaired) electrons. The Kier molecular flexibility index (Phi) is 5.81. The first kappa shape index (κ1) is 18.4. The first-order chi connectivity index (χ1) is 12.0. The quantitative estimate of drug-likeness (QED) is 0.671. The van der Waals surface area contributed by atoms with Crippen molar-refractivity contribution in [2.24, 2.45) is 17.8 Å². The summed E-state index contributed by atoms with van der Waals surface area (Å²) in [5, 5.41) is 1.59. The van der Waals surface area contributed by atoms with Crippen molar-refractivity contribution in [3.05, 3.63) is 60.7 Å². The lowest BCUT2D eigenvalue weighted by molar-refractivity contribution is 0.0514. The molecule has 3 heteroatoms. The number of hydrogen-bond donors (Lipinski definition) is 0. The highest BCUT2D eigenvalue weighted by molar-refractivity contribution is 7.74. The molecule has 25 heavy (non-hydrogen) atoms. The molecule has 0 heterocycles. The molecule has 1 saturated carbocycles. The van der Waals surface area contributed by atoms with Gasteiger partial charge < -0.3 is 4.52 Å². The molecule has 0 N–H and O–H groups in total. The maximum Gasteiger partial charge on any atom is 0.261 e. The predicted octanol–water partition coefficient (Wildman–Crippen LogP) is 5.39. The Morgan fingerprint density at radius 2 is 1.44 bits per heavy atom. The van der Waals surface area contributed by atoms with E-state index in [0.29, 0.717) is 17.8 Å². The Morgan fingerprint density at radius 1 is 0.920 bits per heavy atom. The molecule has 3 rings (SSSR count). The Hall–Kier alpha value is -1.37. The summed E-state index contributed by atoms with van der Waals surface area (Å²) in [7, 11) is -3.10. The molecular formula is C22H29O2P. The van der Waals surface area contributed by atoms with Crippen molar-refractivity contribution in [3.63, 3.8) is 0 Å². The summed E-state index contributed by atoms with van der Waals surface area (Å²) >= 11 is 0. The van der Waals surface area contributed by atoms with E-state index in [1.807, 2.05) is 60.7 Å². The molecular weight excluding hydrogens is 327 g/mol. The minimum atomic E-state index is -3.10. The van der Waals surface area contributed by atoms with E-state index in [1.165, 1.54) is 6.42 Å². The minimum absolute atomic E-state index is 0.0509. The van der Waals surface area contributed by atoms with Gasteiger partial charge in [0.05, 0.1) is 6.10 Å². The highest BCUT2D eigenvalue weighted by Gasteiger charge is 2.38. The van der Waals surface area contributed by atoms with Crippen LogP contribution in [0.1, 0.15) is 40.0 Å². The van der Waals surface area contributed by atoms with Crippen molar-refractivity contribution in [2.75, 3.05) is 0 Å². The van der Waals surface area contributed by atoms with Gasteiger partial charge in [0.2, 0.25) is 0 Å². The van der Waals surface area contributed by atoms with Crippen LogP contribution < -0.4 is 10.6 Å². The van der Waals surface area contributed by atoms with Crippen LogP contribution in [0.2, 0.25) is 0 Å². The first-order valence-electron chi connectivity index (χ1n) is 9.40. The summed E-state index contributed by atoms with van der Waals surface area (Å²) in [6.07, 6.45) is 3.44. The Morgan fingerprint density at radius 3 is 1.92 bits per heavy atom. The maximum absolute atomic E-state index is 14.1. The van der Waals surface area contributed by atoms with E-state index >= 15 is 0 Å². The van der Waals surface area contributed by atoms with Gasteiger partial charge in [0.25, 0.3) is 7.37 Å². The van der Waals surface area contributed by atoms with Gasteiger partial charge in [-0.2, -0.15) is 0 Å². The van der Waals surface area contributed by atoms with Crippen LogP contribution >= 0.6 is 7.37 Å². The van der Waals surface area contributed by atoms with E-state index in [2.05, 4.69) is 20.8 Å². The van der Waals surface area contributed by atoms with Crippen molar-refractivity contribution in [1.29, 1.82) is 0 Å². The van der Waals surface area contributed by atoms with Crippen LogP contribution in [0.3, 0.4) is 0 Å². The molecule has 2 aromatic rings. The van der Waals surface area contributed by atoms with E-state index in [9.17, 15) is 4.57 Å². The largest absolute Gasteiger partial charge is 0.318 e. The Balaban J connectivity index is 1.99. The lowest BCUT2D eigenvalue weighted by Crippen LogP contribution is -2.35. The van der Waals surface area contributed by atoms with Crippen molar-refractivity contribution >= 4 is 18.0 Å². The van der Waals surface area contributed by atoms with Crippen LogP contribution in [0.4, 0.5) is 0 Å². The number of benzene rings is 2. The van der Waals surface area contributed by atoms with E-state index in [0.717, 1.165) is 23.5 Å². The standard InChI is InChI=1S/C22H29O2P/c1-17(2)21-15-14-18(3)16-22(21)24-25(23,19-10-6-4-7-11-19)20-12-8-5-9-13-20/h4-13,17-18,21-22H,14-16H2,1-3H3/t18?,21-,22+/m0/s1. The molecule has 3 atom stereocenters. The molecule has 0 spiro atoms. The molecule has 0 bridgehead atoms. The molecule has 2 nitrogen and oxygen atoms in total. The highest BCUT2D eigenvalue weighted by atomic mass is 31.2. The predicted molar refractivity (Wildman–Crippen MR) is 106 cm³/mol. The van der Waals surface area contributed by atoms with Gasteiger partial charge in [-0.15, -0.1) is 0 Å². The van der Waals surface area contributed by atoms with Gasteiger partial charge in [-0.1, -0.05) is 63.6 Å². The van der Waals surface area contributed by atoms with Gasteiger partial charge in [0.15, 0.2) is 0 Å². The second-order valence-electron chi connectivity index (χ2n) is 7.69. The van der Waals surface area contributed by atoms with Crippen molar-refractivity contribution < 1.29 is 9.09 Å². The van der Waals surface area contributed by atoms with Crippen LogP contribution in [0.5, 0.6) is 0 Å². The van der Waals surface area contributed by atoms with Crippen molar-refractivity contribution in [1.82, 2.24) is 0 Å². The SMILES string of the molecule is CC1CC[C@@H](C(C)C)[C@H](OP(=O)(c2ccccc2)c2ccccc2)C1. The summed E-state index contributed by atoms with van der Waals surface area (Å²) < 4.78 is 20.7. The van der Waals surface area contributed by atoms with Gasteiger partial charge in [-0.3, -0.25) is 4.57 Å².